The van der Waals surface area contributed by atoms with E-state index in [-0.39, 0.29) is 22.5 Å². The van der Waals surface area contributed by atoms with E-state index >= 15 is 0 Å². The second-order valence-electron chi connectivity index (χ2n) is 5.96. The van der Waals surface area contributed by atoms with Gasteiger partial charge in [0.15, 0.2) is 0 Å². The molecule has 0 saturated carbocycles. The fraction of sp³-hybridized carbons (Fsp3) is 0.100. The minimum atomic E-state index is -4.59. The molecule has 29 heavy (non-hydrogen) atoms. The van der Waals surface area contributed by atoms with Crippen molar-refractivity contribution in [2.75, 3.05) is 0 Å². The van der Waals surface area contributed by atoms with Crippen LogP contribution in [0.3, 0.4) is 0 Å². The summed E-state index contributed by atoms with van der Waals surface area (Å²) in [6, 6.07) is 10.8. The number of azo groups is 1. The number of aromatic carboxylic acids is 1. The lowest BCUT2D eigenvalue weighted by Gasteiger charge is -2.15. The van der Waals surface area contributed by atoms with Gasteiger partial charge >= 0.3 is 12.1 Å². The number of carboxylic acids is 1. The van der Waals surface area contributed by atoms with E-state index < -0.39 is 29.6 Å². The second kappa shape index (κ2) is 8.17. The number of rotatable bonds is 5. The average Bonchev–Trinajstić information content (AvgIpc) is 2.69. The van der Waals surface area contributed by atoms with E-state index in [2.05, 4.69) is 15.2 Å². The van der Waals surface area contributed by atoms with Crippen LogP contribution in [0.25, 0.3) is 0 Å². The molecule has 0 amide bonds. The topological polar surface area (TPSA) is 74.9 Å². The number of benzene rings is 2. The standard InChI is InChI=1S/C20H13F4N3O2/c21-14-6-8-15(9-7-14)26-27-17(18-16(19(28)29)5-2-10-25-18)12-3-1-4-13(11-12)20(22,23)24/h1-11,17H,(H,28,29). The molecule has 0 spiro atoms. The molecule has 1 N–H and O–H groups in total. The number of pyridine rings is 1. The van der Waals surface area contributed by atoms with Crippen LogP contribution >= 0.6 is 0 Å². The normalized spacial score (nSPS) is 12.8. The van der Waals surface area contributed by atoms with Crippen molar-refractivity contribution < 1.29 is 27.5 Å². The molecule has 0 bridgehead atoms. The second-order valence-corrected chi connectivity index (χ2v) is 5.96. The lowest BCUT2D eigenvalue weighted by Crippen LogP contribution is -2.11. The highest BCUT2D eigenvalue weighted by atomic mass is 19.4. The van der Waals surface area contributed by atoms with Gasteiger partial charge in [-0.15, -0.1) is 0 Å². The van der Waals surface area contributed by atoms with Crippen LogP contribution in [0.2, 0.25) is 0 Å². The van der Waals surface area contributed by atoms with Crippen molar-refractivity contribution in [2.24, 2.45) is 10.2 Å². The van der Waals surface area contributed by atoms with Gasteiger partial charge in [-0.2, -0.15) is 23.4 Å². The number of carboxylic acid groups (broad SMARTS) is 1. The molecular formula is C20H13F4N3O2. The summed E-state index contributed by atoms with van der Waals surface area (Å²) in [6.45, 7) is 0. The number of aromatic nitrogens is 1. The minimum absolute atomic E-state index is 0.0619. The van der Waals surface area contributed by atoms with Crippen LogP contribution in [0.4, 0.5) is 23.2 Å². The van der Waals surface area contributed by atoms with E-state index in [4.69, 9.17) is 0 Å². The Bertz CT molecular complexity index is 1050. The van der Waals surface area contributed by atoms with Crippen LogP contribution in [0.1, 0.15) is 33.2 Å². The van der Waals surface area contributed by atoms with Crippen LogP contribution in [0.5, 0.6) is 0 Å². The first-order chi connectivity index (χ1) is 13.8. The summed E-state index contributed by atoms with van der Waals surface area (Å²) >= 11 is 0. The fourth-order valence-electron chi connectivity index (χ4n) is 2.61. The Balaban J connectivity index is 2.12. The molecule has 1 aromatic heterocycles. The molecule has 1 atom stereocenters. The van der Waals surface area contributed by atoms with Gasteiger partial charge in [-0.05, 0) is 54.1 Å². The number of hydrogen-bond acceptors (Lipinski definition) is 4. The summed E-state index contributed by atoms with van der Waals surface area (Å²) in [5, 5.41) is 17.4. The predicted octanol–water partition coefficient (Wildman–Crippen LogP) is 5.81. The molecule has 0 radical (unpaired) electrons. The third-order valence-electron chi connectivity index (χ3n) is 3.97. The van der Waals surface area contributed by atoms with Crippen LogP contribution in [0, 0.1) is 5.82 Å². The molecule has 5 nitrogen and oxygen atoms in total. The van der Waals surface area contributed by atoms with E-state index in [0.29, 0.717) is 0 Å². The first kappa shape index (κ1) is 20.1. The molecule has 2 aromatic carbocycles. The molecule has 1 unspecified atom stereocenters. The number of halogens is 4. The minimum Gasteiger partial charge on any atom is -0.478 e. The van der Waals surface area contributed by atoms with Crippen molar-refractivity contribution in [3.63, 3.8) is 0 Å². The monoisotopic (exact) mass is 403 g/mol. The largest absolute Gasteiger partial charge is 0.478 e. The van der Waals surface area contributed by atoms with Crippen molar-refractivity contribution in [1.82, 2.24) is 4.98 Å². The maximum atomic E-state index is 13.1. The molecule has 0 aliphatic carbocycles. The van der Waals surface area contributed by atoms with Gasteiger partial charge in [0.05, 0.1) is 22.5 Å². The average molecular weight is 403 g/mol. The van der Waals surface area contributed by atoms with E-state index in [9.17, 15) is 27.5 Å². The van der Waals surface area contributed by atoms with Crippen LogP contribution in [-0.4, -0.2) is 16.1 Å². The molecule has 0 saturated heterocycles. The van der Waals surface area contributed by atoms with Gasteiger partial charge in [0.2, 0.25) is 0 Å². The first-order valence-electron chi connectivity index (χ1n) is 8.27. The Morgan fingerprint density at radius 3 is 2.41 bits per heavy atom. The van der Waals surface area contributed by atoms with Crippen LogP contribution < -0.4 is 0 Å². The van der Waals surface area contributed by atoms with Crippen LogP contribution in [0.15, 0.2) is 77.1 Å². The molecule has 0 fully saturated rings. The van der Waals surface area contributed by atoms with Gasteiger partial charge in [-0.25, -0.2) is 9.18 Å². The summed E-state index contributed by atoms with van der Waals surface area (Å²) in [4.78, 5) is 15.6. The van der Waals surface area contributed by atoms with E-state index in [0.717, 1.165) is 24.3 Å². The maximum Gasteiger partial charge on any atom is 0.416 e. The summed E-state index contributed by atoms with van der Waals surface area (Å²) in [5.74, 6) is -1.79. The molecule has 0 aliphatic heterocycles. The Morgan fingerprint density at radius 1 is 1.03 bits per heavy atom. The summed E-state index contributed by atoms with van der Waals surface area (Å²) in [7, 11) is 0. The zero-order chi connectivity index (χ0) is 21.0. The van der Waals surface area contributed by atoms with Gasteiger partial charge in [0.25, 0.3) is 0 Å². The van der Waals surface area contributed by atoms with Crippen molar-refractivity contribution in [2.45, 2.75) is 12.2 Å². The Labute approximate surface area is 162 Å². The van der Waals surface area contributed by atoms with Gasteiger partial charge in [0.1, 0.15) is 11.9 Å². The quantitative estimate of drug-likeness (QED) is 0.431. The van der Waals surface area contributed by atoms with Gasteiger partial charge in [-0.3, -0.25) is 4.98 Å². The Kier molecular flexibility index (Phi) is 5.67. The van der Waals surface area contributed by atoms with Crippen molar-refractivity contribution >= 4 is 11.7 Å². The van der Waals surface area contributed by atoms with Crippen molar-refractivity contribution in [3.05, 3.63) is 95.1 Å². The zero-order valence-corrected chi connectivity index (χ0v) is 14.6. The van der Waals surface area contributed by atoms with Crippen LogP contribution in [-0.2, 0) is 6.18 Å². The molecule has 0 aliphatic rings. The van der Waals surface area contributed by atoms with E-state index in [1.807, 2.05) is 0 Å². The van der Waals surface area contributed by atoms with Crippen molar-refractivity contribution in [3.8, 4) is 0 Å². The number of alkyl halides is 3. The molecule has 148 valence electrons. The number of carbonyl (C=O) groups is 1. The number of nitrogens with zero attached hydrogens (tertiary/aromatic N) is 3. The van der Waals surface area contributed by atoms with E-state index in [1.165, 1.54) is 42.6 Å². The van der Waals surface area contributed by atoms with E-state index in [1.54, 1.807) is 0 Å². The predicted molar refractivity (Wildman–Crippen MR) is 95.4 cm³/mol. The Hall–Kier alpha value is -3.62. The SMILES string of the molecule is O=C(O)c1cccnc1C(N=Nc1ccc(F)cc1)c1cccc(C(F)(F)F)c1. The van der Waals surface area contributed by atoms with Gasteiger partial charge in [0, 0.05) is 6.20 Å². The molecular weight excluding hydrogens is 390 g/mol. The smallest absolute Gasteiger partial charge is 0.416 e. The molecule has 3 rings (SSSR count). The van der Waals surface area contributed by atoms with Crippen molar-refractivity contribution in [1.29, 1.82) is 0 Å². The highest BCUT2D eigenvalue weighted by molar-refractivity contribution is 5.89. The fourth-order valence-corrected chi connectivity index (χ4v) is 2.61. The molecule has 9 heteroatoms. The highest BCUT2D eigenvalue weighted by Crippen LogP contribution is 2.34. The summed E-state index contributed by atoms with van der Waals surface area (Å²) in [5.41, 5.74) is -0.883. The lowest BCUT2D eigenvalue weighted by atomic mass is 9.98. The lowest BCUT2D eigenvalue weighted by molar-refractivity contribution is -0.137. The first-order valence-corrected chi connectivity index (χ1v) is 8.27. The highest BCUT2D eigenvalue weighted by Gasteiger charge is 2.32. The number of hydrogen-bond donors (Lipinski definition) is 1. The molecule has 1 heterocycles. The van der Waals surface area contributed by atoms with Gasteiger partial charge < -0.3 is 5.11 Å². The summed E-state index contributed by atoms with van der Waals surface area (Å²) < 4.78 is 52.5. The zero-order valence-electron chi connectivity index (χ0n) is 14.6. The third-order valence-corrected chi connectivity index (χ3v) is 3.97. The van der Waals surface area contributed by atoms with Gasteiger partial charge in [-0.1, -0.05) is 12.1 Å². The molecule has 3 aromatic rings. The Morgan fingerprint density at radius 2 is 1.76 bits per heavy atom. The third kappa shape index (κ3) is 4.81. The maximum absolute atomic E-state index is 13.1. The summed E-state index contributed by atoms with van der Waals surface area (Å²) in [6.07, 6.45) is -3.27.